The number of amides is 1. The Labute approximate surface area is 181 Å². The van der Waals surface area contributed by atoms with Crippen LogP contribution >= 0.6 is 11.3 Å². The van der Waals surface area contributed by atoms with E-state index in [4.69, 9.17) is 0 Å². The molecule has 1 aliphatic heterocycles. The van der Waals surface area contributed by atoms with Crippen molar-refractivity contribution in [2.24, 2.45) is 4.99 Å². The van der Waals surface area contributed by atoms with Gasteiger partial charge in [-0.3, -0.25) is 9.79 Å². The van der Waals surface area contributed by atoms with Crippen molar-refractivity contribution >= 4 is 38.9 Å². The molecule has 10 heteroatoms. The molecule has 1 aromatic carbocycles. The zero-order chi connectivity index (χ0) is 21.6. The highest BCUT2D eigenvalue weighted by atomic mass is 32.2. The topological polar surface area (TPSA) is 112 Å². The fraction of sp³-hybridized carbons (Fsp3) is 0.400. The van der Waals surface area contributed by atoms with E-state index in [-0.39, 0.29) is 18.4 Å². The van der Waals surface area contributed by atoms with Crippen LogP contribution in [0.4, 0.5) is 5.69 Å². The van der Waals surface area contributed by atoms with Gasteiger partial charge in [0.2, 0.25) is 15.9 Å². The first-order chi connectivity index (χ1) is 14.4. The SMILES string of the molecule is CCNC(=NCC1CC(=O)Nc2ccccc21)NCCNS(=O)(=O)c1ccc(C)s1. The molecule has 1 amide bonds. The third-order valence-corrected chi connectivity index (χ3v) is 7.56. The van der Waals surface area contributed by atoms with Gasteiger partial charge in [0.1, 0.15) is 4.21 Å². The van der Waals surface area contributed by atoms with Gasteiger partial charge in [0, 0.05) is 42.5 Å². The van der Waals surface area contributed by atoms with Crippen LogP contribution in [-0.4, -0.2) is 46.5 Å². The van der Waals surface area contributed by atoms with E-state index in [0.717, 1.165) is 16.1 Å². The Bertz CT molecular complexity index is 1020. The second kappa shape index (κ2) is 10.1. The molecular formula is C20H27N5O3S2. The first-order valence-corrected chi connectivity index (χ1v) is 12.2. The van der Waals surface area contributed by atoms with Gasteiger partial charge < -0.3 is 16.0 Å². The summed E-state index contributed by atoms with van der Waals surface area (Å²) in [6, 6.07) is 11.2. The lowest BCUT2D eigenvalue weighted by atomic mass is 9.91. The molecule has 1 aromatic heterocycles. The lowest BCUT2D eigenvalue weighted by molar-refractivity contribution is -0.116. The molecule has 2 heterocycles. The fourth-order valence-electron chi connectivity index (χ4n) is 3.20. The van der Waals surface area contributed by atoms with Gasteiger partial charge in [-0.25, -0.2) is 13.1 Å². The van der Waals surface area contributed by atoms with E-state index in [1.54, 1.807) is 12.1 Å². The maximum atomic E-state index is 12.3. The standard InChI is InChI=1S/C20H27N5O3S2/c1-3-21-20(22-10-11-24-30(27,28)19-9-8-14(2)29-19)23-13-15-12-18(26)25-17-7-5-4-6-16(15)17/h4-9,15,24H,3,10-13H2,1-2H3,(H,25,26)(H2,21,22,23). The molecule has 0 fully saturated rings. The number of hydrogen-bond acceptors (Lipinski definition) is 5. The van der Waals surface area contributed by atoms with Gasteiger partial charge in [0.05, 0.1) is 6.54 Å². The number of guanidine groups is 1. The van der Waals surface area contributed by atoms with Gasteiger partial charge >= 0.3 is 0 Å². The molecule has 2 aromatic rings. The Balaban J connectivity index is 1.56. The van der Waals surface area contributed by atoms with E-state index in [2.05, 4.69) is 25.7 Å². The number of para-hydroxylation sites is 1. The maximum Gasteiger partial charge on any atom is 0.250 e. The smallest absolute Gasteiger partial charge is 0.250 e. The fourth-order valence-corrected chi connectivity index (χ4v) is 5.56. The van der Waals surface area contributed by atoms with Crippen molar-refractivity contribution in [2.75, 3.05) is 31.5 Å². The molecule has 0 aliphatic carbocycles. The average Bonchev–Trinajstić information content (AvgIpc) is 3.16. The normalized spacial score (nSPS) is 16.7. The van der Waals surface area contributed by atoms with E-state index in [1.165, 1.54) is 11.3 Å². The van der Waals surface area contributed by atoms with E-state index >= 15 is 0 Å². The van der Waals surface area contributed by atoms with Crippen LogP contribution in [0.2, 0.25) is 0 Å². The molecule has 1 unspecified atom stereocenters. The summed E-state index contributed by atoms with van der Waals surface area (Å²) in [6.07, 6.45) is 0.389. The van der Waals surface area contributed by atoms with Crippen LogP contribution in [0.1, 0.15) is 29.7 Å². The predicted octanol–water partition coefficient (Wildman–Crippen LogP) is 2.02. The molecule has 8 nitrogen and oxygen atoms in total. The Morgan fingerprint density at radius 3 is 2.73 bits per heavy atom. The summed E-state index contributed by atoms with van der Waals surface area (Å²) in [5.74, 6) is 0.586. The summed E-state index contributed by atoms with van der Waals surface area (Å²) in [4.78, 5) is 17.5. The number of aliphatic imine (C=N–C) groups is 1. The Kier molecular flexibility index (Phi) is 7.46. The lowest BCUT2D eigenvalue weighted by Crippen LogP contribution is -2.41. The van der Waals surface area contributed by atoms with E-state index in [9.17, 15) is 13.2 Å². The predicted molar refractivity (Wildman–Crippen MR) is 121 cm³/mol. The Hall–Kier alpha value is -2.43. The van der Waals surface area contributed by atoms with E-state index in [1.807, 2.05) is 38.1 Å². The van der Waals surface area contributed by atoms with Gasteiger partial charge in [-0.15, -0.1) is 11.3 Å². The highest BCUT2D eigenvalue weighted by Crippen LogP contribution is 2.31. The van der Waals surface area contributed by atoms with Gasteiger partial charge in [-0.05, 0) is 37.6 Å². The summed E-state index contributed by atoms with van der Waals surface area (Å²) in [5.41, 5.74) is 1.92. The number of carbonyl (C=O) groups excluding carboxylic acids is 1. The molecule has 1 aliphatic rings. The Morgan fingerprint density at radius 2 is 2.00 bits per heavy atom. The number of nitrogens with zero attached hydrogens (tertiary/aromatic N) is 1. The average molecular weight is 450 g/mol. The molecular weight excluding hydrogens is 422 g/mol. The minimum atomic E-state index is -3.49. The second-order valence-corrected chi connectivity index (χ2v) is 10.2. The van der Waals surface area contributed by atoms with Crippen molar-refractivity contribution in [2.45, 2.75) is 30.4 Å². The number of nitrogens with one attached hydrogen (secondary N) is 4. The van der Waals surface area contributed by atoms with Crippen LogP contribution in [-0.2, 0) is 14.8 Å². The number of aryl methyl sites for hydroxylation is 1. The summed E-state index contributed by atoms with van der Waals surface area (Å²) < 4.78 is 27.5. The van der Waals surface area contributed by atoms with Gasteiger partial charge in [-0.1, -0.05) is 18.2 Å². The third-order valence-electron chi connectivity index (χ3n) is 4.61. The molecule has 1 atom stereocenters. The van der Waals surface area contributed by atoms with Crippen LogP contribution in [0.3, 0.4) is 0 Å². The van der Waals surface area contributed by atoms with Crippen molar-refractivity contribution in [3.05, 3.63) is 46.8 Å². The number of sulfonamides is 1. The molecule has 0 spiro atoms. The van der Waals surface area contributed by atoms with Crippen molar-refractivity contribution in [3.63, 3.8) is 0 Å². The number of rotatable bonds is 8. The van der Waals surface area contributed by atoms with Crippen molar-refractivity contribution in [3.8, 4) is 0 Å². The number of thiophene rings is 1. The first kappa shape index (κ1) is 22.3. The molecule has 30 heavy (non-hydrogen) atoms. The number of benzene rings is 1. The monoisotopic (exact) mass is 449 g/mol. The lowest BCUT2D eigenvalue weighted by Gasteiger charge is -2.24. The molecule has 3 rings (SSSR count). The minimum Gasteiger partial charge on any atom is -0.357 e. The highest BCUT2D eigenvalue weighted by molar-refractivity contribution is 7.91. The van der Waals surface area contributed by atoms with Crippen LogP contribution in [0.15, 0.2) is 45.6 Å². The highest BCUT2D eigenvalue weighted by Gasteiger charge is 2.24. The summed E-state index contributed by atoms with van der Waals surface area (Å²) in [6.45, 7) is 5.59. The zero-order valence-corrected chi connectivity index (χ0v) is 18.7. The molecule has 0 radical (unpaired) electrons. The van der Waals surface area contributed by atoms with Crippen molar-refractivity contribution < 1.29 is 13.2 Å². The summed E-state index contributed by atoms with van der Waals surface area (Å²) in [7, 11) is -3.49. The zero-order valence-electron chi connectivity index (χ0n) is 17.1. The molecule has 0 saturated carbocycles. The first-order valence-electron chi connectivity index (χ1n) is 9.86. The van der Waals surface area contributed by atoms with E-state index < -0.39 is 10.0 Å². The quantitative estimate of drug-likeness (QED) is 0.280. The maximum absolute atomic E-state index is 12.3. The molecule has 162 valence electrons. The largest absolute Gasteiger partial charge is 0.357 e. The third kappa shape index (κ3) is 5.80. The van der Waals surface area contributed by atoms with Gasteiger partial charge in [0.15, 0.2) is 5.96 Å². The Morgan fingerprint density at radius 1 is 1.20 bits per heavy atom. The van der Waals surface area contributed by atoms with Crippen LogP contribution in [0.5, 0.6) is 0 Å². The number of anilines is 1. The molecule has 0 saturated heterocycles. The van der Waals surface area contributed by atoms with Gasteiger partial charge in [-0.2, -0.15) is 0 Å². The van der Waals surface area contributed by atoms with Gasteiger partial charge in [0.25, 0.3) is 0 Å². The number of carbonyl (C=O) groups is 1. The molecule has 4 N–H and O–H groups in total. The minimum absolute atomic E-state index is 0.00553. The van der Waals surface area contributed by atoms with Crippen LogP contribution in [0.25, 0.3) is 0 Å². The second-order valence-electron chi connectivity index (χ2n) is 6.95. The number of hydrogen-bond donors (Lipinski definition) is 4. The van der Waals surface area contributed by atoms with Crippen molar-refractivity contribution in [1.82, 2.24) is 15.4 Å². The number of fused-ring (bicyclic) bond motifs is 1. The van der Waals surface area contributed by atoms with E-state index in [0.29, 0.717) is 36.2 Å². The van der Waals surface area contributed by atoms with Crippen LogP contribution < -0.4 is 20.7 Å². The molecule has 0 bridgehead atoms. The summed E-state index contributed by atoms with van der Waals surface area (Å²) >= 11 is 1.25. The van der Waals surface area contributed by atoms with Crippen LogP contribution in [0, 0.1) is 6.92 Å². The van der Waals surface area contributed by atoms with Crippen molar-refractivity contribution in [1.29, 1.82) is 0 Å². The summed E-state index contributed by atoms with van der Waals surface area (Å²) in [5, 5.41) is 9.18.